The number of hydrogen-bond donors (Lipinski definition) is 0. The number of allylic oxidation sites excluding steroid dienone is 1. The molecule has 0 bridgehead atoms. The van der Waals surface area contributed by atoms with Crippen LogP contribution in [0.5, 0.6) is 0 Å². The highest BCUT2D eigenvalue weighted by atomic mass is 16.8. The van der Waals surface area contributed by atoms with Gasteiger partial charge in [-0.05, 0) is 63.3 Å². The molecule has 0 amide bonds. The van der Waals surface area contributed by atoms with Gasteiger partial charge < -0.3 is 18.9 Å². The van der Waals surface area contributed by atoms with E-state index in [1.807, 2.05) is 74.5 Å². The summed E-state index contributed by atoms with van der Waals surface area (Å²) in [5, 5.41) is 0. The van der Waals surface area contributed by atoms with E-state index in [1.165, 1.54) is 25.7 Å². The predicted molar refractivity (Wildman–Crippen MR) is 181 cm³/mol. The Bertz CT molecular complexity index is 1280. The molecule has 1 saturated heterocycles. The first kappa shape index (κ1) is 34.4. The van der Waals surface area contributed by atoms with Gasteiger partial charge in [0.1, 0.15) is 17.3 Å². The van der Waals surface area contributed by atoms with Crippen molar-refractivity contribution in [3.05, 3.63) is 131 Å². The molecule has 240 valence electrons. The number of ether oxygens (including phenoxy) is 4. The summed E-state index contributed by atoms with van der Waals surface area (Å²) in [6.45, 7) is 10.1. The number of rotatable bonds is 16. The van der Waals surface area contributed by atoms with Crippen molar-refractivity contribution < 1.29 is 23.7 Å². The van der Waals surface area contributed by atoms with Gasteiger partial charge in [-0.15, -0.1) is 0 Å². The number of hydrogen-bond acceptors (Lipinski definition) is 5. The predicted octanol–water partition coefficient (Wildman–Crippen LogP) is 9.31. The molecular formula is C40H50O5. The van der Waals surface area contributed by atoms with Crippen LogP contribution in [0.4, 0.5) is 0 Å². The Morgan fingerprint density at radius 1 is 0.822 bits per heavy atom. The minimum absolute atomic E-state index is 0.165. The average molecular weight is 611 g/mol. The Morgan fingerprint density at radius 3 is 1.87 bits per heavy atom. The van der Waals surface area contributed by atoms with E-state index in [0.717, 1.165) is 29.5 Å². The Morgan fingerprint density at radius 2 is 1.36 bits per heavy atom. The highest BCUT2D eigenvalue weighted by Crippen LogP contribution is 2.45. The molecule has 0 spiro atoms. The maximum Gasteiger partial charge on any atom is 0.333 e. The van der Waals surface area contributed by atoms with Gasteiger partial charge in [0.15, 0.2) is 5.79 Å². The zero-order valence-electron chi connectivity index (χ0n) is 27.7. The van der Waals surface area contributed by atoms with E-state index in [2.05, 4.69) is 55.5 Å². The summed E-state index contributed by atoms with van der Waals surface area (Å²) in [4.78, 5) is 12.7. The lowest BCUT2D eigenvalue weighted by Gasteiger charge is -2.39. The first-order valence-corrected chi connectivity index (χ1v) is 16.5. The van der Waals surface area contributed by atoms with Crippen molar-refractivity contribution in [2.45, 2.75) is 96.2 Å². The van der Waals surface area contributed by atoms with E-state index in [-0.39, 0.29) is 12.6 Å². The zero-order valence-corrected chi connectivity index (χ0v) is 27.7. The Hall–Kier alpha value is -3.51. The molecule has 1 heterocycles. The van der Waals surface area contributed by atoms with Crippen molar-refractivity contribution in [2.24, 2.45) is 0 Å². The van der Waals surface area contributed by atoms with Crippen LogP contribution in [-0.2, 0) is 29.3 Å². The summed E-state index contributed by atoms with van der Waals surface area (Å²) in [5.74, 6) is -1.28. The van der Waals surface area contributed by atoms with Gasteiger partial charge in [0.2, 0.25) is 0 Å². The van der Waals surface area contributed by atoms with E-state index in [4.69, 9.17) is 18.9 Å². The molecule has 2 atom stereocenters. The molecular weight excluding hydrogens is 560 g/mol. The molecule has 1 fully saturated rings. The molecule has 0 aromatic heterocycles. The Kier molecular flexibility index (Phi) is 12.3. The van der Waals surface area contributed by atoms with Gasteiger partial charge in [-0.1, -0.05) is 136 Å². The molecule has 3 aromatic carbocycles. The molecule has 0 radical (unpaired) electrons. The molecule has 0 N–H and O–H groups in total. The van der Waals surface area contributed by atoms with Crippen LogP contribution in [-0.4, -0.2) is 36.7 Å². The summed E-state index contributed by atoms with van der Waals surface area (Å²) in [7, 11) is 0. The molecule has 0 aliphatic carbocycles. The Balaban J connectivity index is 1.81. The van der Waals surface area contributed by atoms with Gasteiger partial charge in [0.25, 0.3) is 0 Å². The molecule has 5 heteroatoms. The zero-order chi connectivity index (χ0) is 32.2. The van der Waals surface area contributed by atoms with Crippen LogP contribution in [0.1, 0.15) is 89.8 Å². The fraction of sp³-hybridized carbons (Fsp3) is 0.425. The lowest BCUT2D eigenvalue weighted by molar-refractivity contribution is -0.169. The number of carbonyl (C=O) groups is 1. The fourth-order valence-electron chi connectivity index (χ4n) is 6.09. The molecule has 1 aliphatic heterocycles. The summed E-state index contributed by atoms with van der Waals surface area (Å²) < 4.78 is 25.9. The van der Waals surface area contributed by atoms with Crippen LogP contribution in [0.25, 0.3) is 0 Å². The standard InChI is InChI=1S/C40H50O5/c1-6-8-9-10-11-12-22-29-39(36(44-38(4,5)45-39)30-32(3)37(41)42-7-2)31-43-40(33-23-16-13-17-24-33,34-25-18-14-19-26-34)35-27-20-15-21-28-35/h13-30,36H,6-12,31H2,1-5H3/b29-22-,32-30-/t36-,39-/m0/s1. The molecule has 0 unspecified atom stereocenters. The third-order valence-corrected chi connectivity index (χ3v) is 8.26. The van der Waals surface area contributed by atoms with Gasteiger partial charge in [0.05, 0.1) is 13.2 Å². The van der Waals surface area contributed by atoms with E-state index in [1.54, 1.807) is 13.8 Å². The lowest BCUT2D eigenvalue weighted by atomic mass is 9.79. The van der Waals surface area contributed by atoms with Crippen molar-refractivity contribution >= 4 is 5.97 Å². The first-order chi connectivity index (χ1) is 21.8. The van der Waals surface area contributed by atoms with Crippen molar-refractivity contribution in [1.82, 2.24) is 0 Å². The Labute approximate surface area is 270 Å². The second kappa shape index (κ2) is 16.2. The molecule has 3 aromatic rings. The molecule has 0 saturated carbocycles. The van der Waals surface area contributed by atoms with Crippen molar-refractivity contribution in [3.63, 3.8) is 0 Å². The largest absolute Gasteiger partial charge is 0.463 e. The third kappa shape index (κ3) is 8.61. The third-order valence-electron chi connectivity index (χ3n) is 8.26. The van der Waals surface area contributed by atoms with Gasteiger partial charge >= 0.3 is 5.97 Å². The monoisotopic (exact) mass is 610 g/mol. The van der Waals surface area contributed by atoms with Crippen molar-refractivity contribution in [3.8, 4) is 0 Å². The molecule has 1 aliphatic rings. The molecule has 5 nitrogen and oxygen atoms in total. The van der Waals surface area contributed by atoms with E-state index < -0.39 is 23.1 Å². The maximum atomic E-state index is 12.7. The number of esters is 1. The minimum atomic E-state index is -1.01. The molecule has 45 heavy (non-hydrogen) atoms. The summed E-state index contributed by atoms with van der Waals surface area (Å²) >= 11 is 0. The smallest absolute Gasteiger partial charge is 0.333 e. The second-order valence-corrected chi connectivity index (χ2v) is 12.2. The number of benzene rings is 3. The first-order valence-electron chi connectivity index (χ1n) is 16.5. The van der Waals surface area contributed by atoms with Crippen LogP contribution in [0.2, 0.25) is 0 Å². The second-order valence-electron chi connectivity index (χ2n) is 12.2. The van der Waals surface area contributed by atoms with Crippen LogP contribution >= 0.6 is 0 Å². The summed E-state index contributed by atoms with van der Waals surface area (Å²) in [6, 6.07) is 31.0. The summed E-state index contributed by atoms with van der Waals surface area (Å²) in [5.41, 5.74) is 1.54. The van der Waals surface area contributed by atoms with Crippen LogP contribution in [0.3, 0.4) is 0 Å². The normalized spacial score (nSPS) is 20.0. The fourth-order valence-corrected chi connectivity index (χ4v) is 6.09. The topological polar surface area (TPSA) is 54.0 Å². The van der Waals surface area contributed by atoms with Gasteiger partial charge in [-0.25, -0.2) is 4.79 Å². The maximum absolute atomic E-state index is 12.7. The molecule has 4 rings (SSSR count). The van der Waals surface area contributed by atoms with E-state index in [0.29, 0.717) is 12.2 Å². The van der Waals surface area contributed by atoms with Crippen molar-refractivity contribution in [2.75, 3.05) is 13.2 Å². The van der Waals surface area contributed by atoms with Gasteiger partial charge in [-0.3, -0.25) is 0 Å². The summed E-state index contributed by atoms with van der Waals surface area (Å²) in [6.07, 6.45) is 12.5. The average Bonchev–Trinajstić information content (AvgIpc) is 3.31. The van der Waals surface area contributed by atoms with Crippen molar-refractivity contribution in [1.29, 1.82) is 0 Å². The van der Waals surface area contributed by atoms with Gasteiger partial charge in [0, 0.05) is 5.57 Å². The van der Waals surface area contributed by atoms with E-state index >= 15 is 0 Å². The SMILES string of the molecule is CCCCCCC/C=C\[C@@]1(COC(c2ccccc2)(c2ccccc2)c2ccccc2)OC(C)(C)O[C@H]1/C=C(/C)C(=O)OCC. The highest BCUT2D eigenvalue weighted by molar-refractivity contribution is 5.87. The van der Waals surface area contributed by atoms with E-state index in [9.17, 15) is 4.79 Å². The number of unbranched alkanes of at least 4 members (excludes halogenated alkanes) is 5. The van der Waals surface area contributed by atoms with Crippen LogP contribution in [0, 0.1) is 0 Å². The lowest BCUT2D eigenvalue weighted by Crippen LogP contribution is -2.46. The van der Waals surface area contributed by atoms with Crippen LogP contribution < -0.4 is 0 Å². The minimum Gasteiger partial charge on any atom is -0.463 e. The highest BCUT2D eigenvalue weighted by Gasteiger charge is 2.53. The van der Waals surface area contributed by atoms with Gasteiger partial charge in [-0.2, -0.15) is 0 Å². The number of carbonyl (C=O) groups excluding carboxylic acids is 1. The van der Waals surface area contributed by atoms with Crippen LogP contribution in [0.15, 0.2) is 115 Å². The quantitative estimate of drug-likeness (QED) is 0.0532.